The summed E-state index contributed by atoms with van der Waals surface area (Å²) in [6.45, 7) is 1.76. The van der Waals surface area contributed by atoms with Crippen LogP contribution in [0.25, 0.3) is 0 Å². The Hall–Kier alpha value is -4.16. The Balaban J connectivity index is 1.43. The number of hydrogen-bond acceptors (Lipinski definition) is 4. The van der Waals surface area contributed by atoms with E-state index in [1.807, 2.05) is 103 Å². The van der Waals surface area contributed by atoms with Gasteiger partial charge in [-0.3, -0.25) is 9.59 Å². The Morgan fingerprint density at radius 1 is 0.769 bits per heavy atom. The minimum Gasteiger partial charge on any atom is -0.467 e. The highest BCUT2D eigenvalue weighted by atomic mass is 16.5. The van der Waals surface area contributed by atoms with Crippen LogP contribution in [0, 0.1) is 0 Å². The summed E-state index contributed by atoms with van der Waals surface area (Å²) >= 11 is 0. The van der Waals surface area contributed by atoms with Gasteiger partial charge in [-0.1, -0.05) is 91.0 Å². The number of nitrogens with zero attached hydrogens (tertiary/aromatic N) is 2. The van der Waals surface area contributed by atoms with Crippen molar-refractivity contribution in [2.24, 2.45) is 0 Å². The molecule has 5 rings (SSSR count). The van der Waals surface area contributed by atoms with Gasteiger partial charge in [0.25, 0.3) is 0 Å². The molecule has 1 aliphatic heterocycles. The average molecular weight is 523 g/mol. The molecule has 0 spiro atoms. The lowest BCUT2D eigenvalue weighted by molar-refractivity contribution is -0.143. The second-order valence-electron chi connectivity index (χ2n) is 9.92. The van der Waals surface area contributed by atoms with Crippen molar-refractivity contribution in [1.82, 2.24) is 9.80 Å². The molecule has 1 fully saturated rings. The fourth-order valence-electron chi connectivity index (χ4n) is 5.11. The lowest BCUT2D eigenvalue weighted by Crippen LogP contribution is -2.47. The minimum absolute atomic E-state index is 0.0393. The lowest BCUT2D eigenvalue weighted by atomic mass is 9.90. The van der Waals surface area contributed by atoms with Crippen LogP contribution in [0.1, 0.15) is 41.2 Å². The smallest absolute Gasteiger partial charge is 0.242 e. The first-order valence-electron chi connectivity index (χ1n) is 13.5. The molecule has 2 heterocycles. The molecule has 1 unspecified atom stereocenters. The van der Waals surface area contributed by atoms with Gasteiger partial charge in [0.05, 0.1) is 31.4 Å². The molecule has 1 aliphatic rings. The van der Waals surface area contributed by atoms with Crippen molar-refractivity contribution in [2.45, 2.75) is 38.0 Å². The highest BCUT2D eigenvalue weighted by Crippen LogP contribution is 2.28. The maximum absolute atomic E-state index is 14.3. The number of rotatable bonds is 11. The van der Waals surface area contributed by atoms with Crippen molar-refractivity contribution < 1.29 is 18.7 Å². The highest BCUT2D eigenvalue weighted by Gasteiger charge is 2.32. The molecular weight excluding hydrogens is 488 g/mol. The van der Waals surface area contributed by atoms with Gasteiger partial charge in [0.15, 0.2) is 0 Å². The van der Waals surface area contributed by atoms with Crippen LogP contribution in [-0.4, -0.2) is 47.4 Å². The molecular formula is C33H34N2O4. The minimum atomic E-state index is -0.519. The van der Waals surface area contributed by atoms with E-state index in [4.69, 9.17) is 9.15 Å². The molecule has 0 saturated carbocycles. The summed E-state index contributed by atoms with van der Waals surface area (Å²) in [5, 5.41) is 0. The molecule has 2 amide bonds. The van der Waals surface area contributed by atoms with Crippen molar-refractivity contribution in [1.29, 1.82) is 0 Å². The summed E-state index contributed by atoms with van der Waals surface area (Å²) in [7, 11) is 0. The van der Waals surface area contributed by atoms with Gasteiger partial charge >= 0.3 is 0 Å². The van der Waals surface area contributed by atoms with E-state index in [1.165, 1.54) is 0 Å². The standard InChI is InChI=1S/C33H34N2O4/c36-31(34(23-29-18-10-20-38-29)22-26-12-4-1-5-13-26)25-35(24-30-19-11-21-39-30)33(37)32(27-14-6-2-7-15-27)28-16-8-3-9-17-28/h1-10,12-18,20,30,32H,11,19,21-25H2. The van der Waals surface area contributed by atoms with Gasteiger partial charge < -0.3 is 19.0 Å². The van der Waals surface area contributed by atoms with Crippen LogP contribution in [0.15, 0.2) is 114 Å². The molecule has 0 aliphatic carbocycles. The van der Waals surface area contributed by atoms with Crippen molar-refractivity contribution in [3.63, 3.8) is 0 Å². The van der Waals surface area contributed by atoms with E-state index >= 15 is 0 Å². The monoisotopic (exact) mass is 522 g/mol. The van der Waals surface area contributed by atoms with E-state index < -0.39 is 5.92 Å². The fraction of sp³-hybridized carbons (Fsp3) is 0.273. The second-order valence-corrected chi connectivity index (χ2v) is 9.92. The average Bonchev–Trinajstić information content (AvgIpc) is 3.69. The van der Waals surface area contributed by atoms with Crippen LogP contribution in [0.5, 0.6) is 0 Å². The zero-order chi connectivity index (χ0) is 26.9. The zero-order valence-corrected chi connectivity index (χ0v) is 22.0. The third-order valence-electron chi connectivity index (χ3n) is 7.09. The zero-order valence-electron chi connectivity index (χ0n) is 22.0. The van der Waals surface area contributed by atoms with Gasteiger partial charge in [-0.05, 0) is 41.7 Å². The molecule has 1 aromatic heterocycles. The Kier molecular flexibility index (Phi) is 8.86. The summed E-state index contributed by atoms with van der Waals surface area (Å²) in [6, 6.07) is 33.1. The van der Waals surface area contributed by atoms with E-state index in [1.54, 1.807) is 16.1 Å². The van der Waals surface area contributed by atoms with Crippen molar-refractivity contribution in [3.05, 3.63) is 132 Å². The second kappa shape index (κ2) is 13.1. The third-order valence-corrected chi connectivity index (χ3v) is 7.09. The predicted molar refractivity (Wildman–Crippen MR) is 150 cm³/mol. The SMILES string of the molecule is O=C(CN(CC1CCCO1)C(=O)C(c1ccccc1)c1ccccc1)N(Cc1ccccc1)Cc1ccco1. The summed E-state index contributed by atoms with van der Waals surface area (Å²) in [6.07, 6.45) is 3.36. The van der Waals surface area contributed by atoms with Gasteiger partial charge in [-0.15, -0.1) is 0 Å². The summed E-state index contributed by atoms with van der Waals surface area (Å²) in [5.74, 6) is -0.0626. The molecule has 200 valence electrons. The Morgan fingerprint density at radius 2 is 1.41 bits per heavy atom. The van der Waals surface area contributed by atoms with E-state index in [2.05, 4.69) is 0 Å². The van der Waals surface area contributed by atoms with E-state index in [0.717, 1.165) is 29.5 Å². The Labute approximate surface area is 229 Å². The molecule has 0 radical (unpaired) electrons. The van der Waals surface area contributed by atoms with E-state index in [-0.39, 0.29) is 24.5 Å². The maximum Gasteiger partial charge on any atom is 0.242 e. The number of benzene rings is 3. The van der Waals surface area contributed by atoms with Crippen LogP contribution < -0.4 is 0 Å². The lowest BCUT2D eigenvalue weighted by Gasteiger charge is -2.31. The number of carbonyl (C=O) groups is 2. The van der Waals surface area contributed by atoms with Crippen molar-refractivity contribution in [3.8, 4) is 0 Å². The molecule has 1 saturated heterocycles. The number of amides is 2. The summed E-state index contributed by atoms with van der Waals surface area (Å²) in [4.78, 5) is 31.7. The first kappa shape index (κ1) is 26.4. The van der Waals surface area contributed by atoms with Gasteiger partial charge in [-0.2, -0.15) is 0 Å². The van der Waals surface area contributed by atoms with Gasteiger partial charge in [-0.25, -0.2) is 0 Å². The Morgan fingerprint density at radius 3 is 1.97 bits per heavy atom. The van der Waals surface area contributed by atoms with Crippen LogP contribution in [0.3, 0.4) is 0 Å². The Bertz CT molecular complexity index is 1260. The number of furan rings is 1. The van der Waals surface area contributed by atoms with Crippen molar-refractivity contribution in [2.75, 3.05) is 19.7 Å². The van der Waals surface area contributed by atoms with E-state index in [9.17, 15) is 9.59 Å². The van der Waals surface area contributed by atoms with Gasteiger partial charge in [0.1, 0.15) is 5.76 Å². The molecule has 4 aromatic rings. The molecule has 3 aromatic carbocycles. The largest absolute Gasteiger partial charge is 0.467 e. The van der Waals surface area contributed by atoms with Crippen molar-refractivity contribution >= 4 is 11.8 Å². The van der Waals surface area contributed by atoms with Crippen LogP contribution in [0.4, 0.5) is 0 Å². The fourth-order valence-corrected chi connectivity index (χ4v) is 5.11. The first-order chi connectivity index (χ1) is 19.2. The van der Waals surface area contributed by atoms with Crippen LogP contribution >= 0.6 is 0 Å². The number of ether oxygens (including phenoxy) is 1. The topological polar surface area (TPSA) is 63.0 Å². The quantitative estimate of drug-likeness (QED) is 0.255. The number of hydrogen-bond donors (Lipinski definition) is 0. The van der Waals surface area contributed by atoms with Crippen LogP contribution in [0.2, 0.25) is 0 Å². The highest BCUT2D eigenvalue weighted by molar-refractivity contribution is 5.91. The summed E-state index contributed by atoms with van der Waals surface area (Å²) in [5.41, 5.74) is 2.81. The molecule has 39 heavy (non-hydrogen) atoms. The normalized spacial score (nSPS) is 14.8. The molecule has 1 atom stereocenters. The predicted octanol–water partition coefficient (Wildman–Crippen LogP) is 5.65. The molecule has 0 N–H and O–H groups in total. The van der Waals surface area contributed by atoms with Gasteiger partial charge in [0.2, 0.25) is 11.8 Å². The van der Waals surface area contributed by atoms with Crippen LogP contribution in [-0.2, 0) is 27.4 Å². The first-order valence-corrected chi connectivity index (χ1v) is 13.5. The molecule has 6 nitrogen and oxygen atoms in total. The van der Waals surface area contributed by atoms with E-state index in [0.29, 0.717) is 32.0 Å². The van der Waals surface area contributed by atoms with Gasteiger partial charge in [0, 0.05) is 19.7 Å². The third kappa shape index (κ3) is 7.03. The maximum atomic E-state index is 14.3. The summed E-state index contributed by atoms with van der Waals surface area (Å²) < 4.78 is 11.5. The molecule has 6 heteroatoms. The molecule has 0 bridgehead atoms. The number of carbonyl (C=O) groups excluding carboxylic acids is 2.